The molecule has 18 nitrogen and oxygen atoms in total. The van der Waals surface area contributed by atoms with E-state index in [1.807, 2.05) is 60.7 Å². The van der Waals surface area contributed by atoms with Gasteiger partial charge in [0.25, 0.3) is 0 Å². The van der Waals surface area contributed by atoms with E-state index in [4.69, 9.17) is 47.4 Å². The summed E-state index contributed by atoms with van der Waals surface area (Å²) in [5, 5.41) is 5.16. The zero-order valence-corrected chi connectivity index (χ0v) is 48.3. The molecular weight excluding hydrogens is 1030 g/mol. The van der Waals surface area contributed by atoms with E-state index in [1.54, 1.807) is 119 Å². The number of amides is 2. The molecule has 0 spiro atoms. The molecule has 0 saturated carbocycles. The maximum absolute atomic E-state index is 13.3. The minimum atomic E-state index is -1.31. The minimum Gasteiger partial charge on any atom is -0.490 e. The largest absolute Gasteiger partial charge is 0.490 e. The van der Waals surface area contributed by atoms with Gasteiger partial charge in [-0.1, -0.05) is 60.7 Å². The van der Waals surface area contributed by atoms with Crippen molar-refractivity contribution in [3.63, 3.8) is 0 Å². The topological polar surface area (TPSA) is 219 Å². The Bertz CT molecular complexity index is 2510. The van der Waals surface area contributed by atoms with Crippen LogP contribution in [0.15, 0.2) is 109 Å². The van der Waals surface area contributed by atoms with E-state index in [0.29, 0.717) is 47.3 Å². The Hall–Kier alpha value is -7.70. The predicted octanol–water partition coefficient (Wildman–Crippen LogP) is 9.48. The molecule has 4 aromatic carbocycles. The van der Waals surface area contributed by atoms with Gasteiger partial charge in [-0.3, -0.25) is 19.2 Å². The van der Waals surface area contributed by atoms with Crippen molar-refractivity contribution in [3.8, 4) is 23.0 Å². The Balaban J connectivity index is 1.36. The second kappa shape index (κ2) is 31.2. The molecule has 4 aromatic rings. The lowest BCUT2D eigenvalue weighted by Crippen LogP contribution is -2.45. The first-order valence-corrected chi connectivity index (χ1v) is 26.5. The Morgan fingerprint density at radius 1 is 0.425 bits per heavy atom. The van der Waals surface area contributed by atoms with E-state index in [0.717, 1.165) is 11.1 Å². The van der Waals surface area contributed by atoms with Crippen molar-refractivity contribution in [2.75, 3.05) is 39.6 Å². The van der Waals surface area contributed by atoms with Crippen LogP contribution < -0.4 is 29.6 Å². The molecule has 2 amide bonds. The predicted molar refractivity (Wildman–Crippen MR) is 302 cm³/mol. The number of hydrogen-bond acceptors (Lipinski definition) is 16. The molecule has 80 heavy (non-hydrogen) atoms. The zero-order chi connectivity index (χ0) is 58.9. The lowest BCUT2D eigenvalue weighted by atomic mass is 10.1. The summed E-state index contributed by atoms with van der Waals surface area (Å²) in [5.74, 6) is -2.41. The summed E-state index contributed by atoms with van der Waals surface area (Å²) in [7, 11) is 0. The second-order valence-electron chi connectivity index (χ2n) is 22.3. The van der Waals surface area contributed by atoms with Gasteiger partial charge in [0, 0.05) is 35.4 Å². The van der Waals surface area contributed by atoms with Crippen LogP contribution in [0.2, 0.25) is 0 Å². The van der Waals surface area contributed by atoms with Crippen LogP contribution in [0.4, 0.5) is 0 Å². The Morgan fingerprint density at radius 3 is 1.10 bits per heavy atom. The number of ether oxygens (including phenoxy) is 10. The van der Waals surface area contributed by atoms with Crippen molar-refractivity contribution < 1.29 is 76.1 Å². The maximum atomic E-state index is 13.3. The van der Waals surface area contributed by atoms with E-state index in [2.05, 4.69) is 10.6 Å². The van der Waals surface area contributed by atoms with Gasteiger partial charge < -0.3 is 58.0 Å². The van der Waals surface area contributed by atoms with Gasteiger partial charge in [-0.05, 0) is 131 Å². The molecule has 0 heterocycles. The first kappa shape index (κ1) is 64.8. The molecule has 4 rings (SSSR count). The average Bonchev–Trinajstić information content (AvgIpc) is 3.35. The molecule has 434 valence electrons. The lowest BCUT2D eigenvalue weighted by molar-refractivity contribution is -0.165. The molecular formula is C62H80N2O16. The van der Waals surface area contributed by atoms with E-state index in [1.165, 1.54) is 24.3 Å². The first-order valence-electron chi connectivity index (χ1n) is 26.5. The molecule has 0 aliphatic carbocycles. The molecule has 0 aromatic heterocycles. The highest BCUT2D eigenvalue weighted by Crippen LogP contribution is 2.29. The summed E-state index contributed by atoms with van der Waals surface area (Å²) in [4.78, 5) is 78.1. The fraction of sp³-hybridized carbons (Fsp3) is 0.452. The van der Waals surface area contributed by atoms with Crippen LogP contribution in [0.1, 0.15) is 118 Å². The Labute approximate surface area is 470 Å². The molecule has 0 radical (unpaired) electrons. The van der Waals surface area contributed by atoms with Crippen LogP contribution in [0.3, 0.4) is 0 Å². The normalized spacial score (nSPS) is 12.7. The lowest BCUT2D eigenvalue weighted by Gasteiger charge is -2.25. The number of carbonyl (C=O) groups excluding carboxylic acids is 6. The van der Waals surface area contributed by atoms with Crippen molar-refractivity contribution in [3.05, 3.63) is 131 Å². The van der Waals surface area contributed by atoms with Gasteiger partial charge in [0.05, 0.1) is 39.3 Å². The van der Waals surface area contributed by atoms with Gasteiger partial charge in [0.15, 0.2) is 0 Å². The van der Waals surface area contributed by atoms with Gasteiger partial charge in [-0.25, -0.2) is 9.59 Å². The summed E-state index contributed by atoms with van der Waals surface area (Å²) >= 11 is 0. The molecule has 0 unspecified atom stereocenters. The standard InChI is InChI=1S/C62H80N2O16/c1-59(2,3)77-55(67)39-49(57(69)79-61(7,8)9)63-53(65)29-25-45-23-27-47(75-41-43-19-15-13-16-20-43)37-51(45)73-35-33-71-31-32-72-34-36-74-52-38-48(76-42-44-21-17-14-18-22-44)28-24-46(52)26-30-54(66)64-50(58(70)80-62(10,11)12)40-56(68)78-60(4,5)6/h13-30,37-38,49-50H,31-36,39-42H2,1-12H3,(H,63,65)(H,64,66)/b29-25+,30-26+/t49-,50-/m0/s1. The van der Waals surface area contributed by atoms with Gasteiger partial charge in [-0.2, -0.15) is 0 Å². The highest BCUT2D eigenvalue weighted by molar-refractivity contribution is 5.97. The van der Waals surface area contributed by atoms with Crippen LogP contribution in [0, 0.1) is 0 Å². The molecule has 2 atom stereocenters. The van der Waals surface area contributed by atoms with Crippen LogP contribution in [0.25, 0.3) is 12.2 Å². The van der Waals surface area contributed by atoms with Crippen molar-refractivity contribution in [1.82, 2.24) is 10.6 Å². The zero-order valence-electron chi connectivity index (χ0n) is 48.3. The van der Waals surface area contributed by atoms with E-state index >= 15 is 0 Å². The number of benzene rings is 4. The van der Waals surface area contributed by atoms with E-state index in [9.17, 15) is 28.8 Å². The summed E-state index contributed by atoms with van der Waals surface area (Å²) in [6, 6.07) is 27.0. The van der Waals surface area contributed by atoms with Gasteiger partial charge in [0.1, 0.15) is 83.9 Å². The summed E-state index contributed by atoms with van der Waals surface area (Å²) in [6.45, 7) is 22.0. The molecule has 18 heteroatoms. The monoisotopic (exact) mass is 1110 g/mol. The van der Waals surface area contributed by atoms with Gasteiger partial charge >= 0.3 is 23.9 Å². The first-order chi connectivity index (χ1) is 37.6. The molecule has 0 aliphatic heterocycles. The van der Waals surface area contributed by atoms with Gasteiger partial charge in [0.2, 0.25) is 11.8 Å². The number of hydrogen-bond donors (Lipinski definition) is 2. The van der Waals surface area contributed by atoms with E-state index < -0.39 is 83.0 Å². The third-order valence-corrected chi connectivity index (χ3v) is 10.2. The Morgan fingerprint density at radius 2 is 0.762 bits per heavy atom. The summed E-state index contributed by atoms with van der Waals surface area (Å²) in [6.07, 6.45) is 4.63. The second-order valence-corrected chi connectivity index (χ2v) is 22.3. The van der Waals surface area contributed by atoms with Crippen LogP contribution in [-0.2, 0) is 70.4 Å². The Kier molecular flexibility index (Phi) is 25.3. The molecule has 0 bridgehead atoms. The quantitative estimate of drug-likeness (QED) is 0.0224. The number of esters is 4. The van der Waals surface area contributed by atoms with E-state index in [-0.39, 0.29) is 39.6 Å². The highest BCUT2D eigenvalue weighted by Gasteiger charge is 2.32. The highest BCUT2D eigenvalue weighted by atomic mass is 16.6. The molecule has 0 fully saturated rings. The fourth-order valence-corrected chi connectivity index (χ4v) is 6.96. The molecule has 0 aliphatic rings. The minimum absolute atomic E-state index is 0.122. The van der Waals surface area contributed by atoms with Gasteiger partial charge in [-0.15, -0.1) is 0 Å². The summed E-state index contributed by atoms with van der Waals surface area (Å²) in [5.41, 5.74) is -0.374. The molecule has 0 saturated heterocycles. The van der Waals surface area contributed by atoms with Crippen molar-refractivity contribution >= 4 is 47.8 Å². The van der Waals surface area contributed by atoms with Crippen LogP contribution in [-0.4, -0.2) is 110 Å². The van der Waals surface area contributed by atoms with Crippen molar-refractivity contribution in [2.45, 2.75) is 144 Å². The van der Waals surface area contributed by atoms with Crippen LogP contribution >= 0.6 is 0 Å². The van der Waals surface area contributed by atoms with Crippen molar-refractivity contribution in [1.29, 1.82) is 0 Å². The van der Waals surface area contributed by atoms with Crippen molar-refractivity contribution in [2.24, 2.45) is 0 Å². The number of rotatable bonds is 29. The third-order valence-electron chi connectivity index (χ3n) is 10.2. The summed E-state index contributed by atoms with van der Waals surface area (Å²) < 4.78 is 57.8. The average molecular weight is 1110 g/mol. The third kappa shape index (κ3) is 27.3. The molecule has 2 N–H and O–H groups in total. The van der Waals surface area contributed by atoms with Crippen LogP contribution in [0.5, 0.6) is 23.0 Å². The number of carbonyl (C=O) groups is 6. The maximum Gasteiger partial charge on any atom is 0.329 e. The smallest absolute Gasteiger partial charge is 0.329 e. The fourth-order valence-electron chi connectivity index (χ4n) is 6.96. The number of nitrogens with one attached hydrogen (secondary N) is 2. The SMILES string of the molecule is CC(C)(C)OC(=O)C[C@H](NC(=O)/C=C/c1ccc(OCc2ccccc2)cc1OCCOCCOCCOc1cc(OCc2ccccc2)ccc1/C=C/C(=O)N[C@@H](CC(=O)OC(C)(C)C)C(=O)OC(C)(C)C)C(=O)OC(C)(C)C.